The van der Waals surface area contributed by atoms with Crippen LogP contribution in [0.2, 0.25) is 0 Å². The molecule has 0 amide bonds. The molecular formula is C16H16FN3O2. The Bertz CT molecular complexity index is 702. The molecule has 6 heteroatoms. The molecule has 0 aliphatic rings. The summed E-state index contributed by atoms with van der Waals surface area (Å²) < 4.78 is 13.9. The van der Waals surface area contributed by atoms with Crippen molar-refractivity contribution in [2.75, 3.05) is 5.01 Å². The molecule has 22 heavy (non-hydrogen) atoms. The smallest absolute Gasteiger partial charge is 0.353 e. The number of hydrogen-bond donors (Lipinski definition) is 3. The first-order valence-corrected chi connectivity index (χ1v) is 6.56. The van der Waals surface area contributed by atoms with Gasteiger partial charge in [-0.15, -0.1) is 0 Å². The maximum Gasteiger partial charge on any atom is 0.353 e. The van der Waals surface area contributed by atoms with Gasteiger partial charge in [0.2, 0.25) is 0 Å². The summed E-state index contributed by atoms with van der Waals surface area (Å²) in [6, 6.07) is 14.9. The number of nitrogens with two attached hydrogens (primary N) is 2. The van der Waals surface area contributed by atoms with Crippen LogP contribution in [0.1, 0.15) is 5.56 Å². The zero-order valence-corrected chi connectivity index (χ0v) is 11.7. The van der Waals surface area contributed by atoms with Crippen LogP contribution in [0.3, 0.4) is 0 Å². The van der Waals surface area contributed by atoms with Crippen molar-refractivity contribution >= 4 is 11.7 Å². The van der Waals surface area contributed by atoms with Crippen LogP contribution >= 0.6 is 0 Å². The summed E-state index contributed by atoms with van der Waals surface area (Å²) >= 11 is 0. The Morgan fingerprint density at radius 2 is 1.68 bits per heavy atom. The molecule has 0 aliphatic heterocycles. The zero-order chi connectivity index (χ0) is 16.1. The average Bonchev–Trinajstić information content (AvgIpc) is 2.52. The number of aliphatic carboxylic acids is 1. The largest absolute Gasteiger partial charge is 0.477 e. The highest BCUT2D eigenvalue weighted by atomic mass is 19.1. The predicted octanol–water partition coefficient (Wildman–Crippen LogP) is 2.00. The maximum atomic E-state index is 13.9. The zero-order valence-electron chi connectivity index (χ0n) is 11.7. The van der Waals surface area contributed by atoms with Gasteiger partial charge in [0, 0.05) is 6.42 Å². The van der Waals surface area contributed by atoms with Crippen molar-refractivity contribution < 1.29 is 14.3 Å². The van der Waals surface area contributed by atoms with Gasteiger partial charge in [-0.25, -0.2) is 15.0 Å². The van der Waals surface area contributed by atoms with Crippen LogP contribution in [-0.2, 0) is 11.2 Å². The molecule has 0 saturated carbocycles. The van der Waals surface area contributed by atoms with Crippen molar-refractivity contribution in [3.8, 4) is 0 Å². The third-order valence-electron chi connectivity index (χ3n) is 3.16. The molecule has 2 aromatic rings. The Hall–Kier alpha value is -2.86. The quantitative estimate of drug-likeness (QED) is 0.446. The van der Waals surface area contributed by atoms with Crippen LogP contribution < -0.4 is 16.6 Å². The Morgan fingerprint density at radius 1 is 1.09 bits per heavy atom. The van der Waals surface area contributed by atoms with Crippen molar-refractivity contribution in [1.82, 2.24) is 0 Å². The third-order valence-corrected chi connectivity index (χ3v) is 3.16. The molecule has 0 aromatic heterocycles. The highest BCUT2D eigenvalue weighted by Crippen LogP contribution is 2.22. The van der Waals surface area contributed by atoms with Gasteiger partial charge in [0.15, 0.2) is 0 Å². The highest BCUT2D eigenvalue weighted by molar-refractivity contribution is 5.87. The van der Waals surface area contributed by atoms with Crippen molar-refractivity contribution in [2.45, 2.75) is 6.42 Å². The van der Waals surface area contributed by atoms with Crippen molar-refractivity contribution in [3.05, 3.63) is 77.4 Å². The minimum absolute atomic E-state index is 0.0534. The number of nitrogens with zero attached hydrogens (tertiary/aromatic N) is 1. The summed E-state index contributed by atoms with van der Waals surface area (Å²) in [4.78, 5) is 11.2. The Morgan fingerprint density at radius 3 is 2.27 bits per heavy atom. The van der Waals surface area contributed by atoms with Gasteiger partial charge in [0.05, 0.1) is 11.4 Å². The number of hydrogen-bond acceptors (Lipinski definition) is 4. The summed E-state index contributed by atoms with van der Waals surface area (Å²) in [5, 5.41) is 10.1. The van der Waals surface area contributed by atoms with E-state index in [1.54, 1.807) is 6.07 Å². The molecule has 0 heterocycles. The molecule has 5 N–H and O–H groups in total. The van der Waals surface area contributed by atoms with Crippen LogP contribution in [0, 0.1) is 5.82 Å². The number of para-hydroxylation sites is 1. The minimum atomic E-state index is -1.31. The molecule has 114 valence electrons. The summed E-state index contributed by atoms with van der Waals surface area (Å²) in [5.74, 6) is 4.05. The van der Waals surface area contributed by atoms with Gasteiger partial charge in [0.1, 0.15) is 11.5 Å². The topological polar surface area (TPSA) is 92.6 Å². The van der Waals surface area contributed by atoms with Gasteiger partial charge in [-0.1, -0.05) is 42.5 Å². The Labute approximate surface area is 127 Å². The lowest BCUT2D eigenvalue weighted by molar-refractivity contribution is -0.132. The van der Waals surface area contributed by atoms with Crippen LogP contribution in [0.25, 0.3) is 0 Å². The van der Waals surface area contributed by atoms with E-state index in [-0.39, 0.29) is 17.8 Å². The molecular weight excluding hydrogens is 285 g/mol. The predicted molar refractivity (Wildman–Crippen MR) is 82.1 cm³/mol. The fourth-order valence-electron chi connectivity index (χ4n) is 2.02. The van der Waals surface area contributed by atoms with Crippen molar-refractivity contribution in [1.29, 1.82) is 0 Å². The first kappa shape index (κ1) is 15.5. The van der Waals surface area contributed by atoms with E-state index in [1.165, 1.54) is 18.2 Å². The lowest BCUT2D eigenvalue weighted by Crippen LogP contribution is -2.35. The van der Waals surface area contributed by atoms with E-state index < -0.39 is 17.5 Å². The van der Waals surface area contributed by atoms with Crippen molar-refractivity contribution in [3.63, 3.8) is 0 Å². The van der Waals surface area contributed by atoms with Gasteiger partial charge in [-0.05, 0) is 17.7 Å². The van der Waals surface area contributed by atoms with Gasteiger partial charge < -0.3 is 10.8 Å². The fourth-order valence-corrected chi connectivity index (χ4v) is 2.02. The first-order chi connectivity index (χ1) is 10.5. The molecule has 2 rings (SSSR count). The summed E-state index contributed by atoms with van der Waals surface area (Å²) in [7, 11) is 0. The van der Waals surface area contributed by atoms with Gasteiger partial charge in [-0.3, -0.25) is 5.01 Å². The molecule has 0 atom stereocenters. The summed E-state index contributed by atoms with van der Waals surface area (Å²) in [6.45, 7) is 0. The van der Waals surface area contributed by atoms with Gasteiger partial charge >= 0.3 is 5.97 Å². The van der Waals surface area contributed by atoms with Gasteiger partial charge in [0.25, 0.3) is 0 Å². The normalized spacial score (nSPS) is 11.7. The van der Waals surface area contributed by atoms with E-state index in [2.05, 4.69) is 0 Å². The standard InChI is InChI=1S/C16H16FN3O2/c17-12-8-4-5-9-13(12)20(19)14(15(18)16(21)22)10-11-6-2-1-3-7-11/h1-9H,10,18-19H2,(H,21,22)/b15-14-. The highest BCUT2D eigenvalue weighted by Gasteiger charge is 2.19. The number of allylic oxidation sites excluding steroid dienone is 1. The SMILES string of the molecule is N/C(C(=O)O)=C(/Cc1ccccc1)N(N)c1ccccc1F. The molecule has 0 radical (unpaired) electrons. The van der Waals surface area contributed by atoms with Crippen LogP contribution in [0.4, 0.5) is 10.1 Å². The number of hydrazine groups is 1. The second-order valence-electron chi connectivity index (χ2n) is 4.65. The fraction of sp³-hybridized carbons (Fsp3) is 0.0625. The first-order valence-electron chi connectivity index (χ1n) is 6.56. The molecule has 0 aliphatic carbocycles. The van der Waals surface area contributed by atoms with E-state index in [9.17, 15) is 9.18 Å². The van der Waals surface area contributed by atoms with E-state index in [0.717, 1.165) is 10.6 Å². The number of rotatable bonds is 5. The van der Waals surface area contributed by atoms with E-state index in [1.807, 2.05) is 30.3 Å². The molecule has 0 unspecified atom stereocenters. The number of carbonyl (C=O) groups is 1. The van der Waals surface area contributed by atoms with E-state index in [4.69, 9.17) is 16.7 Å². The van der Waals surface area contributed by atoms with Crippen LogP contribution in [-0.4, -0.2) is 11.1 Å². The second-order valence-corrected chi connectivity index (χ2v) is 4.65. The second kappa shape index (κ2) is 6.73. The minimum Gasteiger partial charge on any atom is -0.477 e. The molecule has 0 bridgehead atoms. The van der Waals surface area contributed by atoms with E-state index >= 15 is 0 Å². The molecule has 5 nitrogen and oxygen atoms in total. The third kappa shape index (κ3) is 3.42. The Kier molecular flexibility index (Phi) is 4.75. The Balaban J connectivity index is 2.44. The van der Waals surface area contributed by atoms with Crippen LogP contribution in [0.5, 0.6) is 0 Å². The number of carboxylic acids is 1. The summed E-state index contributed by atoms with van der Waals surface area (Å²) in [5.41, 5.74) is 6.19. The molecule has 0 fully saturated rings. The summed E-state index contributed by atoms with van der Waals surface area (Å²) in [6.07, 6.45) is 0.170. The van der Waals surface area contributed by atoms with Crippen LogP contribution in [0.15, 0.2) is 66.0 Å². The monoisotopic (exact) mass is 301 g/mol. The maximum absolute atomic E-state index is 13.9. The van der Waals surface area contributed by atoms with E-state index in [0.29, 0.717) is 0 Å². The molecule has 0 spiro atoms. The molecule has 0 saturated heterocycles. The average molecular weight is 301 g/mol. The van der Waals surface area contributed by atoms with Crippen molar-refractivity contribution in [2.24, 2.45) is 11.6 Å². The molecule has 2 aromatic carbocycles. The number of halogens is 1. The lowest BCUT2D eigenvalue weighted by Gasteiger charge is -2.23. The lowest BCUT2D eigenvalue weighted by atomic mass is 10.1. The number of carboxylic acid groups (broad SMARTS) is 1. The van der Waals surface area contributed by atoms with Gasteiger partial charge in [-0.2, -0.15) is 0 Å². The number of anilines is 1. The number of benzene rings is 2.